The Labute approximate surface area is 72.3 Å². The van der Waals surface area contributed by atoms with Gasteiger partial charge in [0.25, 0.3) is 5.91 Å². The van der Waals surface area contributed by atoms with Gasteiger partial charge in [-0.25, -0.2) is 8.78 Å². The van der Waals surface area contributed by atoms with Gasteiger partial charge in [-0.2, -0.15) is 8.78 Å². The van der Waals surface area contributed by atoms with E-state index in [0.717, 1.165) is 0 Å². The summed E-state index contributed by atoms with van der Waals surface area (Å²) in [5.41, 5.74) is 0. The van der Waals surface area contributed by atoms with Crippen LogP contribution in [0.2, 0.25) is 0 Å². The molecule has 0 radical (unpaired) electrons. The van der Waals surface area contributed by atoms with Gasteiger partial charge in [0.2, 0.25) is 0 Å². The highest BCUT2D eigenvalue weighted by molar-refractivity contribution is 5.84. The third kappa shape index (κ3) is 3.32. The average molecular weight is 197 g/mol. The van der Waals surface area contributed by atoms with Crippen LogP contribution in [0.1, 0.15) is 6.92 Å². The van der Waals surface area contributed by atoms with Crippen molar-refractivity contribution >= 4 is 5.91 Å². The summed E-state index contributed by atoms with van der Waals surface area (Å²) in [6.45, 7) is 1.06. The molecule has 0 unspecified atom stereocenters. The van der Waals surface area contributed by atoms with Crippen LogP contribution in [0.4, 0.5) is 17.6 Å². The third-order valence-electron chi connectivity index (χ3n) is 1.09. The molecule has 0 saturated heterocycles. The molecule has 0 heterocycles. The SMILES string of the molecule is CC#CCNC(=O)C(F)(F)C(F)F. The van der Waals surface area contributed by atoms with Gasteiger partial charge in [-0.3, -0.25) is 4.79 Å². The molecular weight excluding hydrogens is 190 g/mol. The Morgan fingerprint density at radius 2 is 2.08 bits per heavy atom. The van der Waals surface area contributed by atoms with Crippen LogP contribution in [0.15, 0.2) is 0 Å². The van der Waals surface area contributed by atoms with Gasteiger partial charge >= 0.3 is 12.3 Å². The van der Waals surface area contributed by atoms with Gasteiger partial charge in [-0.15, -0.1) is 5.92 Å². The fourth-order valence-electron chi connectivity index (χ4n) is 0.430. The second kappa shape index (κ2) is 4.70. The summed E-state index contributed by atoms with van der Waals surface area (Å²) in [6.07, 6.45) is -4.00. The predicted molar refractivity (Wildman–Crippen MR) is 37.4 cm³/mol. The first kappa shape index (κ1) is 11.8. The molecule has 0 rings (SSSR count). The number of rotatable bonds is 3. The molecule has 0 spiro atoms. The van der Waals surface area contributed by atoms with Crippen molar-refractivity contribution in [3.63, 3.8) is 0 Å². The van der Waals surface area contributed by atoms with Gasteiger partial charge in [0.1, 0.15) is 0 Å². The normalized spacial score (nSPS) is 10.6. The van der Waals surface area contributed by atoms with Crippen molar-refractivity contribution in [3.05, 3.63) is 0 Å². The van der Waals surface area contributed by atoms with E-state index in [9.17, 15) is 22.4 Å². The van der Waals surface area contributed by atoms with Gasteiger partial charge < -0.3 is 5.32 Å². The van der Waals surface area contributed by atoms with Crippen LogP contribution in [0.3, 0.4) is 0 Å². The zero-order valence-electron chi connectivity index (χ0n) is 6.70. The second-order valence-corrected chi connectivity index (χ2v) is 2.03. The maximum atomic E-state index is 12.2. The standard InChI is InChI=1S/C7H7F4NO/c1-2-3-4-12-6(13)7(10,11)5(8)9/h5H,4H2,1H3,(H,12,13). The Morgan fingerprint density at radius 3 is 2.46 bits per heavy atom. The summed E-state index contributed by atoms with van der Waals surface area (Å²) in [5.74, 6) is -2.12. The van der Waals surface area contributed by atoms with Gasteiger partial charge in [0.05, 0.1) is 6.54 Å². The molecule has 0 atom stereocenters. The lowest BCUT2D eigenvalue weighted by Gasteiger charge is -2.13. The molecule has 1 amide bonds. The summed E-state index contributed by atoms with van der Waals surface area (Å²) >= 11 is 0. The van der Waals surface area contributed by atoms with Crippen LogP contribution < -0.4 is 5.32 Å². The van der Waals surface area contributed by atoms with E-state index in [-0.39, 0.29) is 6.54 Å². The molecule has 6 heteroatoms. The summed E-state index contributed by atoms with van der Waals surface area (Å²) in [6, 6.07) is 0. The third-order valence-corrected chi connectivity index (χ3v) is 1.09. The summed E-state index contributed by atoms with van der Waals surface area (Å²) in [5, 5.41) is 1.56. The van der Waals surface area contributed by atoms with E-state index in [1.807, 2.05) is 0 Å². The quantitative estimate of drug-likeness (QED) is 0.531. The van der Waals surface area contributed by atoms with E-state index in [0.29, 0.717) is 0 Å². The molecule has 0 aliphatic heterocycles. The topological polar surface area (TPSA) is 29.1 Å². The molecule has 0 bridgehead atoms. The Kier molecular flexibility index (Phi) is 4.25. The van der Waals surface area contributed by atoms with Gasteiger partial charge in [-0.05, 0) is 6.92 Å². The molecule has 74 valence electrons. The molecule has 1 N–H and O–H groups in total. The van der Waals surface area contributed by atoms with Gasteiger partial charge in [-0.1, -0.05) is 5.92 Å². The molecule has 0 aromatic carbocycles. The Morgan fingerprint density at radius 1 is 1.54 bits per heavy atom. The number of halogens is 4. The summed E-state index contributed by atoms with van der Waals surface area (Å²) < 4.78 is 47.4. The van der Waals surface area contributed by atoms with E-state index >= 15 is 0 Å². The van der Waals surface area contributed by atoms with Crippen molar-refractivity contribution in [1.82, 2.24) is 5.32 Å². The highest BCUT2D eigenvalue weighted by Gasteiger charge is 2.48. The number of hydrogen-bond donors (Lipinski definition) is 1. The lowest BCUT2D eigenvalue weighted by Crippen LogP contribution is -2.45. The number of hydrogen-bond acceptors (Lipinski definition) is 1. The van der Waals surface area contributed by atoms with Crippen LogP contribution in [0, 0.1) is 11.8 Å². The first-order chi connectivity index (χ1) is 5.92. The minimum absolute atomic E-state index is 0.363. The van der Waals surface area contributed by atoms with Crippen molar-refractivity contribution in [2.24, 2.45) is 0 Å². The predicted octanol–water partition coefficient (Wildman–Crippen LogP) is 1.03. The van der Waals surface area contributed by atoms with Crippen LogP contribution in [0.25, 0.3) is 0 Å². The number of nitrogens with one attached hydrogen (secondary N) is 1. The molecule has 0 aromatic heterocycles. The van der Waals surface area contributed by atoms with E-state index in [4.69, 9.17) is 0 Å². The molecule has 0 aromatic rings. The molecule has 0 aliphatic carbocycles. The van der Waals surface area contributed by atoms with Gasteiger partial charge in [0, 0.05) is 0 Å². The highest BCUT2D eigenvalue weighted by Crippen LogP contribution is 2.22. The lowest BCUT2D eigenvalue weighted by atomic mass is 10.3. The fourth-order valence-corrected chi connectivity index (χ4v) is 0.430. The monoisotopic (exact) mass is 197 g/mol. The maximum Gasteiger partial charge on any atom is 0.383 e. The number of carbonyl (C=O) groups excluding carboxylic acids is 1. The van der Waals surface area contributed by atoms with Crippen molar-refractivity contribution < 1.29 is 22.4 Å². The van der Waals surface area contributed by atoms with Crippen LogP contribution in [0.5, 0.6) is 0 Å². The number of carbonyl (C=O) groups is 1. The van der Waals surface area contributed by atoms with E-state index in [1.165, 1.54) is 6.92 Å². The zero-order chi connectivity index (χ0) is 10.5. The average Bonchev–Trinajstić information content (AvgIpc) is 2.04. The highest BCUT2D eigenvalue weighted by atomic mass is 19.3. The van der Waals surface area contributed by atoms with E-state index in [2.05, 4.69) is 11.8 Å². The Bertz CT molecular complexity index is 241. The van der Waals surface area contributed by atoms with Crippen LogP contribution in [-0.4, -0.2) is 24.8 Å². The van der Waals surface area contributed by atoms with Crippen LogP contribution in [-0.2, 0) is 4.79 Å². The smallest absolute Gasteiger partial charge is 0.340 e. The van der Waals surface area contributed by atoms with Gasteiger partial charge in [0.15, 0.2) is 0 Å². The Balaban J connectivity index is 4.15. The minimum Gasteiger partial charge on any atom is -0.340 e. The zero-order valence-corrected chi connectivity index (χ0v) is 6.70. The van der Waals surface area contributed by atoms with Crippen molar-refractivity contribution in [3.8, 4) is 11.8 Å². The second-order valence-electron chi connectivity index (χ2n) is 2.03. The minimum atomic E-state index is -4.64. The number of alkyl halides is 4. The summed E-state index contributed by atoms with van der Waals surface area (Å²) in [4.78, 5) is 10.4. The van der Waals surface area contributed by atoms with Crippen LogP contribution >= 0.6 is 0 Å². The molecule has 0 saturated carbocycles. The maximum absolute atomic E-state index is 12.2. The van der Waals surface area contributed by atoms with Crippen molar-refractivity contribution in [1.29, 1.82) is 0 Å². The molecule has 0 aliphatic rings. The van der Waals surface area contributed by atoms with E-state index in [1.54, 1.807) is 5.32 Å². The number of amides is 1. The lowest BCUT2D eigenvalue weighted by molar-refractivity contribution is -0.169. The first-order valence-corrected chi connectivity index (χ1v) is 3.26. The summed E-state index contributed by atoms with van der Waals surface area (Å²) in [7, 11) is 0. The van der Waals surface area contributed by atoms with E-state index < -0.39 is 18.3 Å². The molecule has 13 heavy (non-hydrogen) atoms. The molecule has 0 fully saturated rings. The first-order valence-electron chi connectivity index (χ1n) is 3.26. The largest absolute Gasteiger partial charge is 0.383 e. The molecule has 2 nitrogen and oxygen atoms in total. The van der Waals surface area contributed by atoms with Crippen molar-refractivity contribution in [2.75, 3.05) is 6.54 Å². The Hall–Kier alpha value is -1.25. The fraction of sp³-hybridized carbons (Fsp3) is 0.571. The van der Waals surface area contributed by atoms with Crippen molar-refractivity contribution in [2.45, 2.75) is 19.3 Å². The molecular formula is C7H7F4NO.